The number of hydrogen-bond donors (Lipinski definition) is 2. The monoisotopic (exact) mass is 398 g/mol. The summed E-state index contributed by atoms with van der Waals surface area (Å²) in [4.78, 5) is 2.38. The Labute approximate surface area is 168 Å². The molecule has 0 aliphatic carbocycles. The maximum absolute atomic E-state index is 10.7. The van der Waals surface area contributed by atoms with Gasteiger partial charge in [0.2, 0.25) is 0 Å². The van der Waals surface area contributed by atoms with Crippen LogP contribution in [0.25, 0.3) is 53.2 Å². The van der Waals surface area contributed by atoms with Gasteiger partial charge in [0.25, 0.3) is 0 Å². The molecule has 0 spiro atoms. The van der Waals surface area contributed by atoms with Crippen LogP contribution >= 0.6 is 22.7 Å². The Kier molecular flexibility index (Phi) is 3.25. The van der Waals surface area contributed by atoms with E-state index in [1.165, 1.54) is 9.75 Å². The van der Waals surface area contributed by atoms with E-state index in [1.807, 2.05) is 12.1 Å². The van der Waals surface area contributed by atoms with Gasteiger partial charge in [-0.05, 0) is 67.7 Å². The number of phenolic OH excluding ortho intramolecular Hbond substituents is 2. The third-order valence-corrected chi connectivity index (χ3v) is 7.26. The van der Waals surface area contributed by atoms with Crippen molar-refractivity contribution in [3.05, 3.63) is 71.4 Å². The lowest BCUT2D eigenvalue weighted by atomic mass is 9.88. The first-order valence-electron chi connectivity index (χ1n) is 8.96. The molecule has 2 heterocycles. The highest BCUT2D eigenvalue weighted by atomic mass is 32.1. The number of phenols is 4. The molecule has 0 fully saturated rings. The van der Waals surface area contributed by atoms with Crippen LogP contribution in [0.15, 0.2) is 71.4 Å². The summed E-state index contributed by atoms with van der Waals surface area (Å²) in [6, 6.07) is 20.8. The van der Waals surface area contributed by atoms with E-state index in [9.17, 15) is 10.2 Å². The average Bonchev–Trinajstić information content (AvgIpc) is 3.44. The van der Waals surface area contributed by atoms with Crippen molar-refractivity contribution in [1.82, 2.24) is 0 Å². The Balaban J connectivity index is 1.74. The minimum atomic E-state index is -0.0257. The molecule has 28 heavy (non-hydrogen) atoms. The molecule has 0 saturated carbocycles. The highest BCUT2D eigenvalue weighted by molar-refractivity contribution is 7.13. The van der Waals surface area contributed by atoms with Gasteiger partial charge in [-0.1, -0.05) is 36.4 Å². The Morgan fingerprint density at radius 2 is 1.00 bits per heavy atom. The summed E-state index contributed by atoms with van der Waals surface area (Å²) in [5.74, 6) is -0.0515. The van der Waals surface area contributed by atoms with E-state index in [-0.39, 0.29) is 11.5 Å². The zero-order valence-electron chi connectivity index (χ0n) is 14.6. The molecule has 0 aliphatic heterocycles. The summed E-state index contributed by atoms with van der Waals surface area (Å²) < 4.78 is 0. The Bertz CT molecular complexity index is 1350. The highest BCUT2D eigenvalue weighted by Crippen LogP contribution is 2.51. The lowest BCUT2D eigenvalue weighted by Gasteiger charge is -2.18. The molecule has 2 bridgehead atoms. The third kappa shape index (κ3) is 2.07. The normalized spacial score (nSPS) is 11.9. The van der Waals surface area contributed by atoms with Crippen molar-refractivity contribution in [1.29, 1.82) is 0 Å². The molecule has 0 atom stereocenters. The second kappa shape index (κ2) is 5.71. The fourth-order valence-electron chi connectivity index (χ4n) is 4.17. The minimum Gasteiger partial charge on any atom is -0.504 e. The quantitative estimate of drug-likeness (QED) is 0.235. The molecule has 7 aromatic rings. The van der Waals surface area contributed by atoms with Crippen molar-refractivity contribution in [3.63, 3.8) is 0 Å². The smallest absolute Gasteiger partial charge is 0.166 e. The molecule has 2 N–H and O–H groups in total. The number of thiophene rings is 2. The molecule has 7 rings (SSSR count). The molecule has 0 unspecified atom stereocenters. The molecule has 0 saturated heterocycles. The van der Waals surface area contributed by atoms with Gasteiger partial charge in [0.15, 0.2) is 11.5 Å². The van der Waals surface area contributed by atoms with Crippen LogP contribution in [0.5, 0.6) is 11.5 Å². The Morgan fingerprint density at radius 1 is 0.536 bits per heavy atom. The standard InChI is InChI=1S/C24H14O2S2/c25-23-21-16-8-6-14(20-4-2-10-28-20)12-18(16)22(24(23)26)15-7-5-13(11-17(15)21)19-3-1-9-27-19/h1-12,25-26H. The zero-order chi connectivity index (χ0) is 18.8. The first kappa shape index (κ1) is 15.9. The largest absolute Gasteiger partial charge is 0.504 e. The number of fused-ring (bicyclic) bond motifs is 1. The minimum absolute atomic E-state index is 0.0257. The summed E-state index contributed by atoms with van der Waals surface area (Å²) in [7, 11) is 0. The molecule has 0 amide bonds. The summed E-state index contributed by atoms with van der Waals surface area (Å²) in [6.07, 6.45) is 0. The average molecular weight is 399 g/mol. The van der Waals surface area contributed by atoms with Crippen molar-refractivity contribution in [3.8, 4) is 32.4 Å². The number of benzene rings is 5. The van der Waals surface area contributed by atoms with Gasteiger partial charge in [0.1, 0.15) is 0 Å². The van der Waals surface area contributed by atoms with Gasteiger partial charge >= 0.3 is 0 Å². The first-order valence-corrected chi connectivity index (χ1v) is 10.7. The molecule has 5 aromatic carbocycles. The summed E-state index contributed by atoms with van der Waals surface area (Å²) >= 11 is 3.39. The van der Waals surface area contributed by atoms with Crippen LogP contribution in [0.1, 0.15) is 0 Å². The molecule has 134 valence electrons. The second-order valence-electron chi connectivity index (χ2n) is 6.92. The van der Waals surface area contributed by atoms with E-state index in [4.69, 9.17) is 0 Å². The summed E-state index contributed by atoms with van der Waals surface area (Å²) in [6.45, 7) is 0. The Morgan fingerprint density at radius 3 is 1.39 bits per heavy atom. The van der Waals surface area contributed by atoms with E-state index < -0.39 is 0 Å². The van der Waals surface area contributed by atoms with Crippen molar-refractivity contribution in [2.75, 3.05) is 0 Å². The van der Waals surface area contributed by atoms with Gasteiger partial charge in [-0.15, -0.1) is 22.7 Å². The van der Waals surface area contributed by atoms with Crippen LogP contribution in [-0.2, 0) is 0 Å². The molecular formula is C24H14O2S2. The summed E-state index contributed by atoms with van der Waals surface area (Å²) in [5, 5.41) is 30.9. The van der Waals surface area contributed by atoms with Gasteiger partial charge in [-0.3, -0.25) is 0 Å². The maximum atomic E-state index is 10.7. The number of hydrogen-bond acceptors (Lipinski definition) is 4. The fourth-order valence-corrected chi connectivity index (χ4v) is 5.62. The van der Waals surface area contributed by atoms with Gasteiger partial charge in [0, 0.05) is 20.5 Å². The molecule has 0 aliphatic rings. The molecular weight excluding hydrogens is 384 g/mol. The maximum Gasteiger partial charge on any atom is 0.166 e. The van der Waals surface area contributed by atoms with E-state index in [2.05, 4.69) is 59.3 Å². The predicted octanol–water partition coefficient (Wildman–Crippen LogP) is 7.45. The number of rotatable bonds is 2. The van der Waals surface area contributed by atoms with Crippen molar-refractivity contribution < 1.29 is 10.2 Å². The summed E-state index contributed by atoms with van der Waals surface area (Å²) in [5.41, 5.74) is 2.25. The van der Waals surface area contributed by atoms with Crippen LogP contribution in [0, 0.1) is 0 Å². The first-order chi connectivity index (χ1) is 13.7. The number of aromatic hydroxyl groups is 2. The second-order valence-corrected chi connectivity index (χ2v) is 8.82. The lowest BCUT2D eigenvalue weighted by molar-refractivity contribution is 0.412. The van der Waals surface area contributed by atoms with Crippen LogP contribution in [0.2, 0.25) is 0 Å². The van der Waals surface area contributed by atoms with Crippen molar-refractivity contribution in [2.45, 2.75) is 0 Å². The van der Waals surface area contributed by atoms with Gasteiger partial charge in [-0.2, -0.15) is 0 Å². The van der Waals surface area contributed by atoms with Crippen molar-refractivity contribution in [2.24, 2.45) is 0 Å². The zero-order valence-corrected chi connectivity index (χ0v) is 16.3. The van der Waals surface area contributed by atoms with E-state index in [0.717, 1.165) is 32.7 Å². The molecule has 2 nitrogen and oxygen atoms in total. The topological polar surface area (TPSA) is 40.5 Å². The van der Waals surface area contributed by atoms with E-state index in [0.29, 0.717) is 10.8 Å². The SMILES string of the molecule is Oc1c(O)c2c3ccc(-c4cccs4)cc3c1c1ccc(-c3cccs3)cc12. The van der Waals surface area contributed by atoms with Crippen LogP contribution in [0.3, 0.4) is 0 Å². The third-order valence-electron chi connectivity index (χ3n) is 5.43. The molecule has 0 radical (unpaired) electrons. The Hall–Kier alpha value is -3.08. The predicted molar refractivity (Wildman–Crippen MR) is 120 cm³/mol. The fraction of sp³-hybridized carbons (Fsp3) is 0. The lowest BCUT2D eigenvalue weighted by Crippen LogP contribution is -1.89. The van der Waals surface area contributed by atoms with Gasteiger partial charge < -0.3 is 10.2 Å². The molecule has 4 heteroatoms. The van der Waals surface area contributed by atoms with Gasteiger partial charge in [0.05, 0.1) is 0 Å². The van der Waals surface area contributed by atoms with Crippen LogP contribution in [0.4, 0.5) is 0 Å². The highest BCUT2D eigenvalue weighted by Gasteiger charge is 2.22. The van der Waals surface area contributed by atoms with Crippen molar-refractivity contribution >= 4 is 55.0 Å². The molecule has 2 aromatic heterocycles. The van der Waals surface area contributed by atoms with Crippen LogP contribution in [-0.4, -0.2) is 10.2 Å². The van der Waals surface area contributed by atoms with Gasteiger partial charge in [-0.25, -0.2) is 0 Å². The van der Waals surface area contributed by atoms with E-state index in [1.54, 1.807) is 22.7 Å². The van der Waals surface area contributed by atoms with E-state index >= 15 is 0 Å². The van der Waals surface area contributed by atoms with Crippen LogP contribution < -0.4 is 0 Å².